The SMILES string of the molecule is CC(NC(=O)c1ccc(F)cc1O)C(C)C(=O)O. The third-order valence-electron chi connectivity index (χ3n) is 2.70. The van der Waals surface area contributed by atoms with E-state index in [9.17, 15) is 19.1 Å². The first-order valence-corrected chi connectivity index (χ1v) is 5.35. The Kier molecular flexibility index (Phi) is 4.25. The molecule has 0 fully saturated rings. The second-order valence-corrected chi connectivity index (χ2v) is 4.05. The molecule has 5 nitrogen and oxygen atoms in total. The van der Waals surface area contributed by atoms with Crippen LogP contribution in [0, 0.1) is 11.7 Å². The molecule has 0 aliphatic rings. The van der Waals surface area contributed by atoms with Crippen molar-refractivity contribution in [2.75, 3.05) is 0 Å². The second-order valence-electron chi connectivity index (χ2n) is 4.05. The van der Waals surface area contributed by atoms with Gasteiger partial charge in [0.1, 0.15) is 11.6 Å². The molecule has 0 heterocycles. The van der Waals surface area contributed by atoms with Gasteiger partial charge in [-0.2, -0.15) is 0 Å². The summed E-state index contributed by atoms with van der Waals surface area (Å²) in [5.74, 6) is -3.59. The maximum atomic E-state index is 12.7. The van der Waals surface area contributed by atoms with Crippen LogP contribution in [0.4, 0.5) is 4.39 Å². The summed E-state index contributed by atoms with van der Waals surface area (Å²) in [6.45, 7) is 3.00. The molecule has 1 rings (SSSR count). The summed E-state index contributed by atoms with van der Waals surface area (Å²) in [6, 6.07) is 2.39. The summed E-state index contributed by atoms with van der Waals surface area (Å²) in [5, 5.41) is 20.6. The molecule has 1 amide bonds. The van der Waals surface area contributed by atoms with Crippen LogP contribution in [-0.2, 0) is 4.79 Å². The number of hydrogen-bond acceptors (Lipinski definition) is 3. The number of carbonyl (C=O) groups is 2. The quantitative estimate of drug-likeness (QED) is 0.758. The number of phenolic OH excluding ortho intramolecular Hbond substituents is 1. The van der Waals surface area contributed by atoms with E-state index in [-0.39, 0.29) is 5.56 Å². The van der Waals surface area contributed by atoms with Crippen molar-refractivity contribution in [3.05, 3.63) is 29.6 Å². The van der Waals surface area contributed by atoms with Gasteiger partial charge < -0.3 is 15.5 Å². The number of aromatic hydroxyl groups is 1. The van der Waals surface area contributed by atoms with Crippen LogP contribution in [0.25, 0.3) is 0 Å². The third-order valence-corrected chi connectivity index (χ3v) is 2.70. The van der Waals surface area contributed by atoms with Crippen LogP contribution in [0.5, 0.6) is 5.75 Å². The Hall–Kier alpha value is -2.11. The fourth-order valence-corrected chi connectivity index (χ4v) is 1.32. The number of carboxylic acid groups (broad SMARTS) is 1. The fraction of sp³-hybridized carbons (Fsp3) is 0.333. The Morgan fingerprint density at radius 2 is 1.94 bits per heavy atom. The van der Waals surface area contributed by atoms with Crippen LogP contribution in [0.1, 0.15) is 24.2 Å². The van der Waals surface area contributed by atoms with Crippen molar-refractivity contribution >= 4 is 11.9 Å². The molecular weight excluding hydrogens is 241 g/mol. The fourth-order valence-electron chi connectivity index (χ4n) is 1.32. The second kappa shape index (κ2) is 5.48. The standard InChI is InChI=1S/C12H14FNO4/c1-6(12(17)18)7(2)14-11(16)9-4-3-8(13)5-10(9)15/h3-7,15H,1-2H3,(H,14,16)(H,17,18). The number of rotatable bonds is 4. The maximum absolute atomic E-state index is 12.7. The minimum Gasteiger partial charge on any atom is -0.507 e. The molecular formula is C12H14FNO4. The summed E-state index contributed by atoms with van der Waals surface area (Å²) < 4.78 is 12.7. The largest absolute Gasteiger partial charge is 0.507 e. The summed E-state index contributed by atoms with van der Waals surface area (Å²) in [6.07, 6.45) is 0. The molecule has 1 aromatic carbocycles. The topological polar surface area (TPSA) is 86.6 Å². The summed E-state index contributed by atoms with van der Waals surface area (Å²) in [5.41, 5.74) is -0.0964. The first kappa shape index (κ1) is 14.0. The molecule has 0 radical (unpaired) electrons. The summed E-state index contributed by atoms with van der Waals surface area (Å²) >= 11 is 0. The summed E-state index contributed by atoms with van der Waals surface area (Å²) in [7, 11) is 0. The molecule has 18 heavy (non-hydrogen) atoms. The van der Waals surface area contributed by atoms with E-state index in [0.717, 1.165) is 18.2 Å². The molecule has 0 aromatic heterocycles. The predicted octanol–water partition coefficient (Wildman–Crippen LogP) is 1.37. The minimum absolute atomic E-state index is 0.0964. The van der Waals surface area contributed by atoms with Crippen molar-refractivity contribution in [3.63, 3.8) is 0 Å². The molecule has 98 valence electrons. The van der Waals surface area contributed by atoms with Crippen molar-refractivity contribution in [2.45, 2.75) is 19.9 Å². The Labute approximate surface area is 103 Å². The van der Waals surface area contributed by atoms with Gasteiger partial charge in [0, 0.05) is 12.1 Å². The Morgan fingerprint density at radius 3 is 2.44 bits per heavy atom. The van der Waals surface area contributed by atoms with E-state index in [2.05, 4.69) is 5.32 Å². The zero-order valence-corrected chi connectivity index (χ0v) is 9.98. The smallest absolute Gasteiger partial charge is 0.308 e. The lowest BCUT2D eigenvalue weighted by Gasteiger charge is -2.18. The van der Waals surface area contributed by atoms with E-state index in [1.54, 1.807) is 0 Å². The van der Waals surface area contributed by atoms with Crippen LogP contribution in [0.15, 0.2) is 18.2 Å². The van der Waals surface area contributed by atoms with Gasteiger partial charge in [-0.3, -0.25) is 9.59 Å². The lowest BCUT2D eigenvalue weighted by molar-refractivity contribution is -0.141. The normalized spacial score (nSPS) is 13.7. The van der Waals surface area contributed by atoms with Crippen LogP contribution in [0.3, 0.4) is 0 Å². The number of halogens is 1. The number of nitrogens with one attached hydrogen (secondary N) is 1. The number of carbonyl (C=O) groups excluding carboxylic acids is 1. The summed E-state index contributed by atoms with van der Waals surface area (Å²) in [4.78, 5) is 22.4. The molecule has 0 saturated heterocycles. The molecule has 2 unspecified atom stereocenters. The van der Waals surface area contributed by atoms with Gasteiger partial charge in [0.05, 0.1) is 11.5 Å². The van der Waals surface area contributed by atoms with Crippen LogP contribution < -0.4 is 5.32 Å². The molecule has 0 aliphatic heterocycles. The van der Waals surface area contributed by atoms with E-state index < -0.39 is 35.4 Å². The first-order chi connectivity index (χ1) is 8.32. The number of carboxylic acids is 1. The van der Waals surface area contributed by atoms with Gasteiger partial charge in [0.2, 0.25) is 0 Å². The zero-order valence-electron chi connectivity index (χ0n) is 9.98. The molecule has 1 aromatic rings. The molecule has 0 bridgehead atoms. The highest BCUT2D eigenvalue weighted by atomic mass is 19.1. The van der Waals surface area contributed by atoms with Gasteiger partial charge in [0.15, 0.2) is 0 Å². The van der Waals surface area contributed by atoms with Gasteiger partial charge in [-0.15, -0.1) is 0 Å². The number of aliphatic carboxylic acids is 1. The van der Waals surface area contributed by atoms with Crippen molar-refractivity contribution < 1.29 is 24.2 Å². The van der Waals surface area contributed by atoms with Crippen LogP contribution in [-0.4, -0.2) is 28.1 Å². The van der Waals surface area contributed by atoms with Gasteiger partial charge in [-0.1, -0.05) is 0 Å². The van der Waals surface area contributed by atoms with Gasteiger partial charge in [-0.05, 0) is 26.0 Å². The molecule has 0 spiro atoms. The average Bonchev–Trinajstić information content (AvgIpc) is 2.27. The Morgan fingerprint density at radius 1 is 1.33 bits per heavy atom. The van der Waals surface area contributed by atoms with E-state index in [4.69, 9.17) is 5.11 Å². The maximum Gasteiger partial charge on any atom is 0.308 e. The van der Waals surface area contributed by atoms with E-state index >= 15 is 0 Å². The van der Waals surface area contributed by atoms with Gasteiger partial charge in [-0.25, -0.2) is 4.39 Å². The van der Waals surface area contributed by atoms with Crippen molar-refractivity contribution in [2.24, 2.45) is 5.92 Å². The van der Waals surface area contributed by atoms with Crippen LogP contribution in [0.2, 0.25) is 0 Å². The van der Waals surface area contributed by atoms with E-state index in [1.807, 2.05) is 0 Å². The van der Waals surface area contributed by atoms with Crippen molar-refractivity contribution in [3.8, 4) is 5.75 Å². The minimum atomic E-state index is -1.04. The van der Waals surface area contributed by atoms with Crippen molar-refractivity contribution in [1.82, 2.24) is 5.32 Å². The van der Waals surface area contributed by atoms with Gasteiger partial charge >= 0.3 is 5.97 Å². The lowest BCUT2D eigenvalue weighted by atomic mass is 10.0. The third kappa shape index (κ3) is 3.19. The van der Waals surface area contributed by atoms with Crippen LogP contribution >= 0.6 is 0 Å². The Bertz CT molecular complexity index is 475. The number of benzene rings is 1. The highest BCUT2D eigenvalue weighted by Crippen LogP contribution is 2.18. The zero-order chi connectivity index (χ0) is 13.9. The van der Waals surface area contributed by atoms with Crippen molar-refractivity contribution in [1.29, 1.82) is 0 Å². The van der Waals surface area contributed by atoms with E-state index in [1.165, 1.54) is 13.8 Å². The predicted molar refractivity (Wildman–Crippen MR) is 61.8 cm³/mol. The highest BCUT2D eigenvalue weighted by Gasteiger charge is 2.22. The highest BCUT2D eigenvalue weighted by molar-refractivity contribution is 5.97. The lowest BCUT2D eigenvalue weighted by Crippen LogP contribution is -2.40. The Balaban J connectivity index is 2.79. The molecule has 0 aliphatic carbocycles. The number of phenols is 1. The average molecular weight is 255 g/mol. The number of hydrogen-bond donors (Lipinski definition) is 3. The molecule has 6 heteroatoms. The molecule has 3 N–H and O–H groups in total. The van der Waals surface area contributed by atoms with Gasteiger partial charge in [0.25, 0.3) is 5.91 Å². The molecule has 0 saturated carbocycles. The first-order valence-electron chi connectivity index (χ1n) is 5.35. The molecule has 2 atom stereocenters. The van der Waals surface area contributed by atoms with E-state index in [0.29, 0.717) is 0 Å². The number of amides is 1. The monoisotopic (exact) mass is 255 g/mol.